The van der Waals surface area contributed by atoms with E-state index in [1.807, 2.05) is 24.9 Å². The molecule has 2 rings (SSSR count). The van der Waals surface area contributed by atoms with Crippen LogP contribution in [-0.4, -0.2) is 42.0 Å². The Morgan fingerprint density at radius 2 is 2.44 bits per heavy atom. The normalized spacial score (nSPS) is 18.6. The minimum absolute atomic E-state index is 0.0184. The van der Waals surface area contributed by atoms with Gasteiger partial charge in [-0.2, -0.15) is 11.8 Å². The van der Waals surface area contributed by atoms with Crippen LogP contribution in [0.2, 0.25) is 0 Å². The van der Waals surface area contributed by atoms with Crippen LogP contribution in [0.4, 0.5) is 5.69 Å². The number of anilines is 1. The van der Waals surface area contributed by atoms with E-state index in [-0.39, 0.29) is 12.5 Å². The van der Waals surface area contributed by atoms with Crippen LogP contribution in [0.5, 0.6) is 5.75 Å². The molecule has 1 atom stereocenters. The molecule has 1 aromatic carbocycles. The van der Waals surface area contributed by atoms with E-state index in [0.29, 0.717) is 17.5 Å². The minimum Gasteiger partial charge on any atom is -0.484 e. The summed E-state index contributed by atoms with van der Waals surface area (Å²) in [5, 5.41) is 0. The summed E-state index contributed by atoms with van der Waals surface area (Å²) >= 11 is 1.89. The van der Waals surface area contributed by atoms with Crippen molar-refractivity contribution in [2.45, 2.75) is 12.5 Å². The summed E-state index contributed by atoms with van der Waals surface area (Å²) in [6, 6.07) is 7.48. The van der Waals surface area contributed by atoms with Gasteiger partial charge in [-0.25, -0.2) is 0 Å². The summed E-state index contributed by atoms with van der Waals surface area (Å²) < 4.78 is 5.45. The molecule has 0 aliphatic carbocycles. The Balaban J connectivity index is 1.84. The van der Waals surface area contributed by atoms with Gasteiger partial charge in [0, 0.05) is 30.6 Å². The second-order valence-electron chi connectivity index (χ2n) is 4.38. The molecule has 0 saturated carbocycles. The Bertz CT molecular complexity index is 419. The largest absolute Gasteiger partial charge is 0.484 e. The number of amides is 1. The van der Waals surface area contributed by atoms with Gasteiger partial charge in [-0.15, -0.1) is 0 Å². The molecule has 0 bridgehead atoms. The quantitative estimate of drug-likeness (QED) is 0.841. The van der Waals surface area contributed by atoms with E-state index < -0.39 is 0 Å². The molecule has 2 N–H and O–H groups in total. The first-order chi connectivity index (χ1) is 8.66. The number of nitrogens with zero attached hydrogens (tertiary/aromatic N) is 1. The number of hydrogen-bond donors (Lipinski definition) is 1. The number of benzene rings is 1. The molecule has 1 aliphatic heterocycles. The molecule has 0 aromatic heterocycles. The zero-order valence-electron chi connectivity index (χ0n) is 10.5. The summed E-state index contributed by atoms with van der Waals surface area (Å²) in [5.74, 6) is 2.82. The Morgan fingerprint density at radius 1 is 1.61 bits per heavy atom. The number of nitrogen functional groups attached to an aromatic ring is 1. The van der Waals surface area contributed by atoms with Crippen molar-refractivity contribution in [1.29, 1.82) is 0 Å². The predicted molar refractivity (Wildman–Crippen MR) is 74.8 cm³/mol. The summed E-state index contributed by atoms with van der Waals surface area (Å²) in [6.07, 6.45) is 1.07. The van der Waals surface area contributed by atoms with Crippen molar-refractivity contribution in [3.8, 4) is 5.75 Å². The topological polar surface area (TPSA) is 55.6 Å². The van der Waals surface area contributed by atoms with Crippen molar-refractivity contribution in [2.75, 3.05) is 30.9 Å². The lowest BCUT2D eigenvalue weighted by Crippen LogP contribution is -2.39. The van der Waals surface area contributed by atoms with Gasteiger partial charge < -0.3 is 15.4 Å². The summed E-state index contributed by atoms with van der Waals surface area (Å²) in [5.41, 5.74) is 6.29. The SMILES string of the molecule is CN(C(=O)COc1cccc(N)c1)C1CCSC1. The van der Waals surface area contributed by atoms with Gasteiger partial charge in [-0.3, -0.25) is 4.79 Å². The summed E-state index contributed by atoms with van der Waals surface area (Å²) in [4.78, 5) is 13.7. The van der Waals surface area contributed by atoms with Gasteiger partial charge in [0.2, 0.25) is 0 Å². The third-order valence-electron chi connectivity index (χ3n) is 3.07. The van der Waals surface area contributed by atoms with Gasteiger partial charge in [-0.05, 0) is 24.3 Å². The van der Waals surface area contributed by atoms with E-state index in [4.69, 9.17) is 10.5 Å². The molecule has 5 heteroatoms. The Morgan fingerprint density at radius 3 is 3.11 bits per heavy atom. The molecule has 1 fully saturated rings. The van der Waals surface area contributed by atoms with Gasteiger partial charge in [0.25, 0.3) is 5.91 Å². The minimum atomic E-state index is 0.0184. The van der Waals surface area contributed by atoms with Gasteiger partial charge in [-0.1, -0.05) is 6.07 Å². The number of rotatable bonds is 4. The van der Waals surface area contributed by atoms with Crippen LogP contribution in [-0.2, 0) is 4.79 Å². The Labute approximate surface area is 111 Å². The van der Waals surface area contributed by atoms with Crippen LogP contribution in [0.3, 0.4) is 0 Å². The third kappa shape index (κ3) is 3.32. The second-order valence-corrected chi connectivity index (χ2v) is 5.53. The molecule has 98 valence electrons. The predicted octanol–water partition coefficient (Wildman–Crippen LogP) is 1.61. The fourth-order valence-electron chi connectivity index (χ4n) is 1.88. The molecule has 1 saturated heterocycles. The van der Waals surface area contributed by atoms with Crippen LogP contribution < -0.4 is 10.5 Å². The lowest BCUT2D eigenvalue weighted by Gasteiger charge is -2.23. The number of carbonyl (C=O) groups is 1. The molecule has 4 nitrogen and oxygen atoms in total. The Hall–Kier alpha value is -1.36. The average molecular weight is 266 g/mol. The first kappa shape index (κ1) is 13.1. The first-order valence-electron chi connectivity index (χ1n) is 5.98. The molecule has 0 radical (unpaired) electrons. The number of nitrogens with two attached hydrogens (primary N) is 1. The summed E-state index contributed by atoms with van der Waals surface area (Å²) in [6.45, 7) is 0.0706. The standard InChI is InChI=1S/C13H18N2O2S/c1-15(11-5-6-18-9-11)13(16)8-17-12-4-2-3-10(14)7-12/h2-4,7,11H,5-6,8-9,14H2,1H3. The summed E-state index contributed by atoms with van der Waals surface area (Å²) in [7, 11) is 1.85. The molecule has 1 heterocycles. The zero-order valence-corrected chi connectivity index (χ0v) is 11.3. The lowest BCUT2D eigenvalue weighted by atomic mass is 10.2. The monoisotopic (exact) mass is 266 g/mol. The van der Waals surface area contributed by atoms with E-state index >= 15 is 0 Å². The van der Waals surface area contributed by atoms with Crippen molar-refractivity contribution in [3.05, 3.63) is 24.3 Å². The second kappa shape index (κ2) is 6.00. The maximum Gasteiger partial charge on any atom is 0.260 e. The van der Waals surface area contributed by atoms with E-state index in [9.17, 15) is 4.79 Å². The van der Waals surface area contributed by atoms with Gasteiger partial charge in [0.15, 0.2) is 6.61 Å². The molecular weight excluding hydrogens is 248 g/mol. The molecule has 1 aliphatic rings. The highest BCUT2D eigenvalue weighted by Gasteiger charge is 2.23. The van der Waals surface area contributed by atoms with Gasteiger partial charge >= 0.3 is 0 Å². The van der Waals surface area contributed by atoms with Gasteiger partial charge in [0.1, 0.15) is 5.75 Å². The molecule has 1 amide bonds. The maximum absolute atomic E-state index is 11.9. The molecular formula is C13H18N2O2S. The maximum atomic E-state index is 11.9. The van der Waals surface area contributed by atoms with E-state index in [1.165, 1.54) is 0 Å². The molecule has 0 spiro atoms. The average Bonchev–Trinajstić information content (AvgIpc) is 2.89. The first-order valence-corrected chi connectivity index (χ1v) is 7.14. The van der Waals surface area contributed by atoms with Crippen LogP contribution in [0.15, 0.2) is 24.3 Å². The van der Waals surface area contributed by atoms with Crippen LogP contribution >= 0.6 is 11.8 Å². The van der Waals surface area contributed by atoms with E-state index in [0.717, 1.165) is 17.9 Å². The third-order valence-corrected chi connectivity index (χ3v) is 4.21. The number of carbonyl (C=O) groups excluding carboxylic acids is 1. The molecule has 18 heavy (non-hydrogen) atoms. The van der Waals surface area contributed by atoms with Crippen molar-refractivity contribution < 1.29 is 9.53 Å². The molecule has 1 unspecified atom stereocenters. The molecule has 1 aromatic rings. The number of likely N-dealkylation sites (N-methyl/N-ethyl adjacent to an activating group) is 1. The van der Waals surface area contributed by atoms with Crippen LogP contribution in [0, 0.1) is 0 Å². The number of hydrogen-bond acceptors (Lipinski definition) is 4. The lowest BCUT2D eigenvalue weighted by molar-refractivity contribution is -0.133. The van der Waals surface area contributed by atoms with Crippen molar-refractivity contribution in [1.82, 2.24) is 4.90 Å². The van der Waals surface area contributed by atoms with Crippen LogP contribution in [0.25, 0.3) is 0 Å². The van der Waals surface area contributed by atoms with Crippen LogP contribution in [0.1, 0.15) is 6.42 Å². The smallest absolute Gasteiger partial charge is 0.260 e. The number of ether oxygens (including phenoxy) is 1. The highest BCUT2D eigenvalue weighted by molar-refractivity contribution is 7.99. The zero-order chi connectivity index (χ0) is 13.0. The number of thioether (sulfide) groups is 1. The highest BCUT2D eigenvalue weighted by atomic mass is 32.2. The highest BCUT2D eigenvalue weighted by Crippen LogP contribution is 2.21. The van der Waals surface area contributed by atoms with Gasteiger partial charge in [0.05, 0.1) is 0 Å². The van der Waals surface area contributed by atoms with Crippen molar-refractivity contribution in [2.24, 2.45) is 0 Å². The fourth-order valence-corrected chi connectivity index (χ4v) is 3.15. The van der Waals surface area contributed by atoms with Crippen molar-refractivity contribution >= 4 is 23.4 Å². The van der Waals surface area contributed by atoms with E-state index in [2.05, 4.69) is 0 Å². The fraction of sp³-hybridized carbons (Fsp3) is 0.462. The van der Waals surface area contributed by atoms with E-state index in [1.54, 1.807) is 23.1 Å². The Kier molecular flexibility index (Phi) is 4.36. The van der Waals surface area contributed by atoms with Crippen molar-refractivity contribution in [3.63, 3.8) is 0 Å².